The van der Waals surface area contributed by atoms with Crippen LogP contribution < -0.4 is 16.0 Å². The maximum absolute atomic E-state index is 11.6. The Bertz CT molecular complexity index is 562. The van der Waals surface area contributed by atoms with Gasteiger partial charge in [0.15, 0.2) is 5.96 Å². The average Bonchev–Trinajstić information content (AvgIpc) is 2.70. The fourth-order valence-electron chi connectivity index (χ4n) is 3.49. The second-order valence-corrected chi connectivity index (χ2v) is 7.04. The number of guanidine groups is 1. The third kappa shape index (κ3) is 7.06. The standard InChI is InChI=1S/C21H34N4O/c1-3-23-21(24-15-7-10-17-8-5-4-6-9-17)25-16-18-11-13-19(14-12-18)20(26)22-2/h11-14,17H,3-10,15-16H2,1-2H3,(H,22,26)(H2,23,24,25). The first-order valence-electron chi connectivity index (χ1n) is 10.1. The van der Waals surface area contributed by atoms with Gasteiger partial charge in [0.05, 0.1) is 6.54 Å². The maximum Gasteiger partial charge on any atom is 0.251 e. The monoisotopic (exact) mass is 358 g/mol. The van der Waals surface area contributed by atoms with Gasteiger partial charge in [0.25, 0.3) is 5.91 Å². The zero-order valence-corrected chi connectivity index (χ0v) is 16.3. The lowest BCUT2D eigenvalue weighted by Crippen LogP contribution is -2.37. The number of benzene rings is 1. The zero-order chi connectivity index (χ0) is 18.6. The minimum Gasteiger partial charge on any atom is -0.357 e. The Hall–Kier alpha value is -2.04. The number of carbonyl (C=O) groups is 1. The zero-order valence-electron chi connectivity index (χ0n) is 16.3. The van der Waals surface area contributed by atoms with E-state index in [1.165, 1.54) is 44.9 Å². The highest BCUT2D eigenvalue weighted by Gasteiger charge is 2.12. The Labute approximate surface area is 158 Å². The maximum atomic E-state index is 11.6. The molecule has 0 aliphatic heterocycles. The third-order valence-corrected chi connectivity index (χ3v) is 5.01. The molecule has 1 fully saturated rings. The number of amides is 1. The normalized spacial score (nSPS) is 15.5. The molecule has 1 saturated carbocycles. The predicted molar refractivity (Wildman–Crippen MR) is 108 cm³/mol. The van der Waals surface area contributed by atoms with E-state index in [2.05, 4.69) is 27.9 Å². The van der Waals surface area contributed by atoms with Crippen LogP contribution in [0.2, 0.25) is 0 Å². The molecule has 1 aliphatic carbocycles. The molecule has 1 aliphatic rings. The number of rotatable bonds is 8. The summed E-state index contributed by atoms with van der Waals surface area (Å²) in [7, 11) is 1.64. The summed E-state index contributed by atoms with van der Waals surface area (Å²) in [6.07, 6.45) is 9.63. The van der Waals surface area contributed by atoms with Gasteiger partial charge < -0.3 is 16.0 Å². The van der Waals surface area contributed by atoms with Crippen molar-refractivity contribution in [2.75, 3.05) is 20.1 Å². The molecule has 0 saturated heterocycles. The molecule has 3 N–H and O–H groups in total. The van der Waals surface area contributed by atoms with Crippen molar-refractivity contribution in [2.24, 2.45) is 10.9 Å². The summed E-state index contributed by atoms with van der Waals surface area (Å²) in [6.45, 7) is 4.51. The van der Waals surface area contributed by atoms with Gasteiger partial charge in [-0.05, 0) is 43.4 Å². The molecule has 144 valence electrons. The van der Waals surface area contributed by atoms with Crippen LogP contribution in [0, 0.1) is 5.92 Å². The number of carbonyl (C=O) groups excluding carboxylic acids is 1. The molecular formula is C21H34N4O. The first-order chi connectivity index (χ1) is 12.7. The lowest BCUT2D eigenvalue weighted by atomic mass is 9.86. The Morgan fingerprint density at radius 1 is 1.12 bits per heavy atom. The van der Waals surface area contributed by atoms with Crippen molar-refractivity contribution < 1.29 is 4.79 Å². The van der Waals surface area contributed by atoms with Gasteiger partial charge in [0.1, 0.15) is 0 Å². The van der Waals surface area contributed by atoms with Crippen LogP contribution in [0.4, 0.5) is 0 Å². The Morgan fingerprint density at radius 2 is 1.85 bits per heavy atom. The van der Waals surface area contributed by atoms with Gasteiger partial charge in [-0.15, -0.1) is 0 Å². The Kier molecular flexibility index (Phi) is 9.01. The molecule has 0 radical (unpaired) electrons. The van der Waals surface area contributed by atoms with Crippen LogP contribution in [0.25, 0.3) is 0 Å². The number of aliphatic imine (C=N–C) groups is 1. The lowest BCUT2D eigenvalue weighted by Gasteiger charge is -2.21. The molecule has 0 spiro atoms. The van der Waals surface area contributed by atoms with E-state index < -0.39 is 0 Å². The van der Waals surface area contributed by atoms with E-state index in [9.17, 15) is 4.79 Å². The largest absolute Gasteiger partial charge is 0.357 e. The highest BCUT2D eigenvalue weighted by Crippen LogP contribution is 2.26. The van der Waals surface area contributed by atoms with Crippen molar-refractivity contribution in [1.29, 1.82) is 0 Å². The van der Waals surface area contributed by atoms with Gasteiger partial charge >= 0.3 is 0 Å². The van der Waals surface area contributed by atoms with Crippen LogP contribution in [0.1, 0.15) is 67.8 Å². The first-order valence-corrected chi connectivity index (χ1v) is 10.1. The van der Waals surface area contributed by atoms with Gasteiger partial charge in [-0.1, -0.05) is 44.2 Å². The second kappa shape index (κ2) is 11.6. The van der Waals surface area contributed by atoms with Gasteiger partial charge in [0.2, 0.25) is 0 Å². The van der Waals surface area contributed by atoms with Crippen molar-refractivity contribution in [3.63, 3.8) is 0 Å². The molecule has 1 amide bonds. The van der Waals surface area contributed by atoms with Crippen LogP contribution in [0.15, 0.2) is 29.3 Å². The summed E-state index contributed by atoms with van der Waals surface area (Å²) in [5.74, 6) is 1.74. The Morgan fingerprint density at radius 3 is 2.50 bits per heavy atom. The van der Waals surface area contributed by atoms with E-state index >= 15 is 0 Å². The summed E-state index contributed by atoms with van der Waals surface area (Å²) in [5, 5.41) is 9.38. The van der Waals surface area contributed by atoms with Crippen LogP contribution >= 0.6 is 0 Å². The third-order valence-electron chi connectivity index (χ3n) is 5.01. The molecule has 0 aromatic heterocycles. The molecule has 0 unspecified atom stereocenters. The summed E-state index contributed by atoms with van der Waals surface area (Å²) in [6, 6.07) is 7.60. The Balaban J connectivity index is 1.77. The molecule has 0 bridgehead atoms. The minimum absolute atomic E-state index is 0.0620. The number of hydrogen-bond donors (Lipinski definition) is 3. The van der Waals surface area contributed by atoms with Crippen molar-refractivity contribution in [2.45, 2.75) is 58.4 Å². The van der Waals surface area contributed by atoms with Gasteiger partial charge in [-0.2, -0.15) is 0 Å². The van der Waals surface area contributed by atoms with Crippen LogP contribution in [-0.4, -0.2) is 32.0 Å². The number of nitrogens with zero attached hydrogens (tertiary/aromatic N) is 1. The van der Waals surface area contributed by atoms with Gasteiger partial charge in [-0.25, -0.2) is 4.99 Å². The average molecular weight is 359 g/mol. The molecule has 2 rings (SSSR count). The summed E-state index contributed by atoms with van der Waals surface area (Å²) < 4.78 is 0. The summed E-state index contributed by atoms with van der Waals surface area (Å²) >= 11 is 0. The SMILES string of the molecule is CCNC(=NCc1ccc(C(=O)NC)cc1)NCCCC1CCCCC1. The van der Waals surface area contributed by atoms with Gasteiger partial charge in [-0.3, -0.25) is 4.79 Å². The fourth-order valence-corrected chi connectivity index (χ4v) is 3.49. The van der Waals surface area contributed by atoms with Crippen molar-refractivity contribution in [1.82, 2.24) is 16.0 Å². The first kappa shape index (κ1) is 20.3. The van der Waals surface area contributed by atoms with Crippen LogP contribution in [0.3, 0.4) is 0 Å². The summed E-state index contributed by atoms with van der Waals surface area (Å²) in [5.41, 5.74) is 1.77. The molecule has 5 nitrogen and oxygen atoms in total. The fraction of sp³-hybridized carbons (Fsp3) is 0.619. The number of nitrogens with one attached hydrogen (secondary N) is 3. The van der Waals surface area contributed by atoms with Crippen molar-refractivity contribution in [3.8, 4) is 0 Å². The quantitative estimate of drug-likeness (QED) is 0.379. The van der Waals surface area contributed by atoms with Crippen molar-refractivity contribution >= 4 is 11.9 Å². The molecule has 0 heterocycles. The molecule has 26 heavy (non-hydrogen) atoms. The highest BCUT2D eigenvalue weighted by atomic mass is 16.1. The van der Waals surface area contributed by atoms with E-state index in [1.54, 1.807) is 7.05 Å². The molecule has 1 aromatic rings. The van der Waals surface area contributed by atoms with Crippen LogP contribution in [0.5, 0.6) is 0 Å². The topological polar surface area (TPSA) is 65.5 Å². The van der Waals surface area contributed by atoms with E-state index in [4.69, 9.17) is 0 Å². The van der Waals surface area contributed by atoms with E-state index in [-0.39, 0.29) is 5.91 Å². The molecule has 1 aromatic carbocycles. The predicted octanol–water partition coefficient (Wildman–Crippen LogP) is 3.46. The lowest BCUT2D eigenvalue weighted by molar-refractivity contribution is 0.0963. The second-order valence-electron chi connectivity index (χ2n) is 7.04. The minimum atomic E-state index is -0.0620. The van der Waals surface area contributed by atoms with Crippen LogP contribution in [-0.2, 0) is 6.54 Å². The highest BCUT2D eigenvalue weighted by molar-refractivity contribution is 5.93. The van der Waals surface area contributed by atoms with E-state index in [1.807, 2.05) is 24.3 Å². The smallest absolute Gasteiger partial charge is 0.251 e. The molecular weight excluding hydrogens is 324 g/mol. The number of hydrogen-bond acceptors (Lipinski definition) is 2. The molecule has 0 atom stereocenters. The van der Waals surface area contributed by atoms with Gasteiger partial charge in [0, 0.05) is 25.7 Å². The van der Waals surface area contributed by atoms with E-state index in [0.29, 0.717) is 12.1 Å². The van der Waals surface area contributed by atoms with E-state index in [0.717, 1.165) is 30.5 Å². The molecule has 5 heteroatoms. The summed E-state index contributed by atoms with van der Waals surface area (Å²) in [4.78, 5) is 16.2. The van der Waals surface area contributed by atoms with Crippen molar-refractivity contribution in [3.05, 3.63) is 35.4 Å².